The summed E-state index contributed by atoms with van der Waals surface area (Å²) in [5, 5.41) is 10.7. The van der Waals surface area contributed by atoms with Crippen LogP contribution in [0.4, 0.5) is 0 Å². The number of halogens is 1. The summed E-state index contributed by atoms with van der Waals surface area (Å²) in [5.74, 6) is -0.0323. The van der Waals surface area contributed by atoms with Gasteiger partial charge in [0.15, 0.2) is 0 Å². The van der Waals surface area contributed by atoms with Crippen molar-refractivity contribution >= 4 is 17.6 Å². The first-order valence-electron chi connectivity index (χ1n) is 9.51. The van der Waals surface area contributed by atoms with Crippen molar-refractivity contribution in [1.29, 1.82) is 0 Å². The minimum Gasteiger partial charge on any atom is -0.506 e. The van der Waals surface area contributed by atoms with Gasteiger partial charge >= 0.3 is 5.97 Å². The molecule has 0 aromatic heterocycles. The molecule has 2 aromatic rings. The quantitative estimate of drug-likeness (QED) is 0.789. The van der Waals surface area contributed by atoms with Crippen LogP contribution < -0.4 is 0 Å². The first-order chi connectivity index (χ1) is 13.0. The van der Waals surface area contributed by atoms with Crippen LogP contribution in [-0.2, 0) is 17.6 Å². The predicted molar refractivity (Wildman–Crippen MR) is 106 cm³/mol. The average Bonchev–Trinajstić information content (AvgIpc) is 2.79. The van der Waals surface area contributed by atoms with E-state index >= 15 is 0 Å². The monoisotopic (exact) mass is 385 g/mol. The van der Waals surface area contributed by atoms with E-state index in [0.717, 1.165) is 42.5 Å². The molecule has 0 bridgehead atoms. The van der Waals surface area contributed by atoms with E-state index in [9.17, 15) is 9.90 Å². The molecule has 5 heteroatoms. The van der Waals surface area contributed by atoms with Gasteiger partial charge in [0.05, 0.1) is 17.2 Å². The number of hydrogen-bond acceptors (Lipinski definition) is 4. The molecular formula is C22H24ClNO3. The number of esters is 1. The van der Waals surface area contributed by atoms with Crippen molar-refractivity contribution in [2.24, 2.45) is 0 Å². The highest BCUT2D eigenvalue weighted by molar-refractivity contribution is 6.32. The molecular weight excluding hydrogens is 362 g/mol. The molecule has 4 nitrogen and oxygen atoms in total. The van der Waals surface area contributed by atoms with Crippen LogP contribution in [0.3, 0.4) is 0 Å². The Morgan fingerprint density at radius 1 is 1.30 bits per heavy atom. The number of carbonyl (C=O) groups is 1. The van der Waals surface area contributed by atoms with Crippen molar-refractivity contribution in [1.82, 2.24) is 4.90 Å². The fourth-order valence-electron chi connectivity index (χ4n) is 4.68. The lowest BCUT2D eigenvalue weighted by atomic mass is 9.73. The fraction of sp³-hybridized carbons (Fsp3) is 0.409. The van der Waals surface area contributed by atoms with Gasteiger partial charge < -0.3 is 14.7 Å². The average molecular weight is 386 g/mol. The molecule has 142 valence electrons. The Kier molecular flexibility index (Phi) is 4.87. The maximum Gasteiger partial charge on any atom is 0.338 e. The molecule has 0 fully saturated rings. The molecule has 4 rings (SSSR count). The molecule has 1 aliphatic carbocycles. The number of hydrogen-bond donors (Lipinski definition) is 1. The molecule has 1 heterocycles. The number of nitrogens with zero attached hydrogens (tertiary/aromatic N) is 1. The fourth-order valence-corrected chi connectivity index (χ4v) is 4.87. The van der Waals surface area contributed by atoms with Crippen molar-refractivity contribution in [3.63, 3.8) is 0 Å². The normalized spacial score (nSPS) is 21.6. The van der Waals surface area contributed by atoms with Crippen molar-refractivity contribution < 1.29 is 14.6 Å². The molecule has 1 N–H and O–H groups in total. The Hall–Kier alpha value is -2.04. The molecule has 2 aliphatic rings. The Bertz CT molecular complexity index is 895. The molecule has 0 radical (unpaired) electrons. The second-order valence-electron chi connectivity index (χ2n) is 7.41. The van der Waals surface area contributed by atoms with E-state index in [4.69, 9.17) is 16.3 Å². The molecule has 27 heavy (non-hydrogen) atoms. The van der Waals surface area contributed by atoms with Crippen molar-refractivity contribution in [3.8, 4) is 5.75 Å². The van der Waals surface area contributed by atoms with Crippen LogP contribution in [0.25, 0.3) is 0 Å². The highest BCUT2D eigenvalue weighted by atomic mass is 35.5. The van der Waals surface area contributed by atoms with Crippen molar-refractivity contribution in [2.45, 2.75) is 38.1 Å². The molecule has 0 spiro atoms. The summed E-state index contributed by atoms with van der Waals surface area (Å²) in [4.78, 5) is 14.9. The molecule has 1 unspecified atom stereocenters. The third-order valence-electron chi connectivity index (χ3n) is 5.96. The van der Waals surface area contributed by atoms with E-state index in [-0.39, 0.29) is 17.6 Å². The standard InChI is InChI=1S/C22H24ClNO3/c1-3-27-22(26)16-6-4-5-15-14(16)7-8-19-21(15)17-12-20(25)18(23)11-13(17)9-10-24(19)2/h4-6,11-12,19,21,25H,3,7-10H2,1-2H3/t19-,21?/m0/s1. The summed E-state index contributed by atoms with van der Waals surface area (Å²) in [6.45, 7) is 3.14. The largest absolute Gasteiger partial charge is 0.506 e. The molecule has 2 atom stereocenters. The smallest absolute Gasteiger partial charge is 0.338 e. The molecule has 0 amide bonds. The van der Waals surface area contributed by atoms with E-state index in [1.165, 1.54) is 5.56 Å². The SMILES string of the molecule is CCOC(=O)c1cccc2c1CC[C@H]1C2c2cc(O)c(Cl)cc2CCN1C. The lowest BCUT2D eigenvalue weighted by Crippen LogP contribution is -2.40. The van der Waals surface area contributed by atoms with Crippen molar-refractivity contribution in [3.05, 3.63) is 63.2 Å². The highest BCUT2D eigenvalue weighted by Gasteiger charge is 2.38. The van der Waals surface area contributed by atoms with Crippen LogP contribution in [0.2, 0.25) is 5.02 Å². The third-order valence-corrected chi connectivity index (χ3v) is 6.26. The van der Waals surface area contributed by atoms with Crippen LogP contribution in [-0.4, -0.2) is 42.2 Å². The zero-order chi connectivity index (χ0) is 19.1. The summed E-state index contributed by atoms with van der Waals surface area (Å²) in [6.07, 6.45) is 2.71. The second-order valence-corrected chi connectivity index (χ2v) is 7.82. The van der Waals surface area contributed by atoms with Gasteiger partial charge in [-0.2, -0.15) is 0 Å². The summed E-state index contributed by atoms with van der Waals surface area (Å²) in [6, 6.07) is 9.96. The number of carbonyl (C=O) groups excluding carboxylic acids is 1. The van der Waals surface area contributed by atoms with E-state index < -0.39 is 0 Å². The molecule has 0 saturated heterocycles. The molecule has 0 saturated carbocycles. The second kappa shape index (κ2) is 7.17. The van der Waals surface area contributed by atoms with Crippen molar-refractivity contribution in [2.75, 3.05) is 20.2 Å². The summed E-state index contributed by atoms with van der Waals surface area (Å²) < 4.78 is 5.27. The van der Waals surface area contributed by atoms with Gasteiger partial charge in [0.25, 0.3) is 0 Å². The Labute approximate surface area is 164 Å². The number of aromatic hydroxyl groups is 1. The maximum atomic E-state index is 12.5. The summed E-state index contributed by atoms with van der Waals surface area (Å²) in [5.41, 5.74) is 5.19. The lowest BCUT2D eigenvalue weighted by molar-refractivity contribution is 0.0524. The molecule has 1 aliphatic heterocycles. The van der Waals surface area contributed by atoms with Crippen LogP contribution in [0, 0.1) is 0 Å². The van der Waals surface area contributed by atoms with Crippen LogP contribution in [0.15, 0.2) is 30.3 Å². The van der Waals surface area contributed by atoms with Crippen LogP contribution >= 0.6 is 11.6 Å². The number of fused-ring (bicyclic) bond motifs is 5. The lowest BCUT2D eigenvalue weighted by Gasteiger charge is -2.38. The zero-order valence-electron chi connectivity index (χ0n) is 15.7. The van der Waals surface area contributed by atoms with Gasteiger partial charge in [0.1, 0.15) is 5.75 Å². The summed E-state index contributed by atoms with van der Waals surface area (Å²) in [7, 11) is 2.16. The Balaban J connectivity index is 1.90. The Morgan fingerprint density at radius 3 is 2.89 bits per heavy atom. The minimum atomic E-state index is -0.256. The number of likely N-dealkylation sites (N-methyl/N-ethyl adjacent to an activating group) is 1. The van der Waals surface area contributed by atoms with Gasteiger partial charge in [0, 0.05) is 18.5 Å². The number of phenolic OH excluding ortho intramolecular Hbond substituents is 1. The van der Waals surface area contributed by atoms with Gasteiger partial charge in [-0.05, 0) is 73.7 Å². The van der Waals surface area contributed by atoms with Gasteiger partial charge in [-0.1, -0.05) is 23.7 Å². The van der Waals surface area contributed by atoms with Gasteiger partial charge in [0.2, 0.25) is 0 Å². The first-order valence-corrected chi connectivity index (χ1v) is 9.89. The van der Waals surface area contributed by atoms with Gasteiger partial charge in [-0.3, -0.25) is 0 Å². The first kappa shape index (κ1) is 18.3. The van der Waals surface area contributed by atoms with E-state index in [0.29, 0.717) is 23.2 Å². The van der Waals surface area contributed by atoms with Gasteiger partial charge in [-0.15, -0.1) is 0 Å². The number of phenols is 1. The maximum absolute atomic E-state index is 12.5. The van der Waals surface area contributed by atoms with Crippen LogP contribution in [0.1, 0.15) is 51.9 Å². The predicted octanol–water partition coefficient (Wildman–Crippen LogP) is 4.16. The third kappa shape index (κ3) is 3.11. The number of ether oxygens (including phenoxy) is 1. The number of benzene rings is 2. The van der Waals surface area contributed by atoms with Gasteiger partial charge in [-0.25, -0.2) is 4.79 Å². The summed E-state index contributed by atoms with van der Waals surface area (Å²) >= 11 is 6.19. The zero-order valence-corrected chi connectivity index (χ0v) is 16.4. The Morgan fingerprint density at radius 2 is 2.11 bits per heavy atom. The van der Waals surface area contributed by atoms with E-state index in [1.54, 1.807) is 0 Å². The topological polar surface area (TPSA) is 49.8 Å². The minimum absolute atomic E-state index is 0.105. The number of rotatable bonds is 2. The molecule has 2 aromatic carbocycles. The van der Waals surface area contributed by atoms with E-state index in [1.807, 2.05) is 31.2 Å². The highest BCUT2D eigenvalue weighted by Crippen LogP contribution is 2.45. The van der Waals surface area contributed by atoms with Crippen LogP contribution in [0.5, 0.6) is 5.75 Å². The van der Waals surface area contributed by atoms with E-state index in [2.05, 4.69) is 18.0 Å².